The Bertz CT molecular complexity index is 920. The lowest BCUT2D eigenvalue weighted by atomic mass is 9.98. The molecule has 1 heterocycles. The molecule has 1 aliphatic heterocycles. The van der Waals surface area contributed by atoms with E-state index in [1.165, 1.54) is 22.3 Å². The molecule has 0 saturated carbocycles. The van der Waals surface area contributed by atoms with E-state index in [4.69, 9.17) is 28.9 Å². The summed E-state index contributed by atoms with van der Waals surface area (Å²) in [5, 5.41) is 1.35. The van der Waals surface area contributed by atoms with Crippen LogP contribution in [0, 0.1) is 0 Å². The monoisotopic (exact) mass is 386 g/mol. The fourth-order valence-electron chi connectivity index (χ4n) is 3.97. The molecule has 3 nitrogen and oxygen atoms in total. The number of benzene rings is 2. The second kappa shape index (κ2) is 7.07. The lowest BCUT2D eigenvalue weighted by Crippen LogP contribution is -2.36. The number of nitrogens with zero attached hydrogens (tertiary/aromatic N) is 1. The van der Waals surface area contributed by atoms with E-state index < -0.39 is 0 Å². The average molecular weight is 387 g/mol. The Kier molecular flexibility index (Phi) is 4.78. The number of hydrogen-bond acceptors (Lipinski definition) is 2. The van der Waals surface area contributed by atoms with Gasteiger partial charge in [-0.1, -0.05) is 29.3 Å². The highest BCUT2D eigenvalue weighted by Gasteiger charge is 2.29. The average Bonchev–Trinajstić information content (AvgIpc) is 2.98. The minimum Gasteiger partial charge on any atom is -0.334 e. The van der Waals surface area contributed by atoms with Gasteiger partial charge in [-0.3, -0.25) is 4.79 Å². The summed E-state index contributed by atoms with van der Waals surface area (Å²) in [5.41, 5.74) is 12.5. The van der Waals surface area contributed by atoms with Gasteiger partial charge in [0.15, 0.2) is 0 Å². The van der Waals surface area contributed by atoms with Gasteiger partial charge in [-0.25, -0.2) is 0 Å². The standard InChI is InChI=1S/C21H20Cl2N2O/c22-17-2-1-14-9-16-12-25(6-4-19(16)20(14)11-17)21(26)15-7-13(3-5-24)8-18(23)10-15/h1-2,7-8,10-11H,3-6,9,12,24H2. The van der Waals surface area contributed by atoms with Crippen molar-refractivity contribution in [3.05, 3.63) is 74.3 Å². The number of carbonyl (C=O) groups is 1. The third kappa shape index (κ3) is 3.27. The van der Waals surface area contributed by atoms with Crippen LogP contribution in [0.3, 0.4) is 0 Å². The van der Waals surface area contributed by atoms with E-state index in [0.29, 0.717) is 36.6 Å². The van der Waals surface area contributed by atoms with Gasteiger partial charge >= 0.3 is 0 Å². The van der Waals surface area contributed by atoms with Crippen LogP contribution in [0.4, 0.5) is 0 Å². The van der Waals surface area contributed by atoms with Gasteiger partial charge in [0, 0.05) is 28.7 Å². The summed E-state index contributed by atoms with van der Waals surface area (Å²) in [6.07, 6.45) is 2.48. The van der Waals surface area contributed by atoms with Crippen LogP contribution in [0.25, 0.3) is 5.57 Å². The summed E-state index contributed by atoms with van der Waals surface area (Å²) in [5.74, 6) is 0.0336. The lowest BCUT2D eigenvalue weighted by molar-refractivity contribution is 0.0767. The quantitative estimate of drug-likeness (QED) is 0.851. The fourth-order valence-corrected chi connectivity index (χ4v) is 4.40. The molecule has 0 atom stereocenters. The van der Waals surface area contributed by atoms with Gasteiger partial charge in [0.25, 0.3) is 5.91 Å². The predicted octanol–water partition coefficient (Wildman–Crippen LogP) is 4.35. The largest absolute Gasteiger partial charge is 0.334 e. The molecule has 26 heavy (non-hydrogen) atoms. The highest BCUT2D eigenvalue weighted by Crippen LogP contribution is 2.39. The predicted molar refractivity (Wildman–Crippen MR) is 107 cm³/mol. The van der Waals surface area contributed by atoms with E-state index in [0.717, 1.165) is 23.4 Å². The Morgan fingerprint density at radius 1 is 1.12 bits per heavy atom. The number of halogens is 2. The van der Waals surface area contributed by atoms with Crippen molar-refractivity contribution in [3.63, 3.8) is 0 Å². The second-order valence-electron chi connectivity index (χ2n) is 6.92. The molecule has 0 saturated heterocycles. The van der Waals surface area contributed by atoms with Gasteiger partial charge in [-0.2, -0.15) is 0 Å². The Morgan fingerprint density at radius 3 is 2.77 bits per heavy atom. The molecule has 0 radical (unpaired) electrons. The van der Waals surface area contributed by atoms with Crippen LogP contribution in [0.5, 0.6) is 0 Å². The molecule has 1 aliphatic carbocycles. The molecular weight excluding hydrogens is 367 g/mol. The van der Waals surface area contributed by atoms with Crippen molar-refractivity contribution >= 4 is 34.7 Å². The van der Waals surface area contributed by atoms with Gasteiger partial charge < -0.3 is 10.6 Å². The van der Waals surface area contributed by atoms with Crippen LogP contribution in [0.2, 0.25) is 10.0 Å². The zero-order valence-electron chi connectivity index (χ0n) is 14.4. The van der Waals surface area contributed by atoms with E-state index >= 15 is 0 Å². The van der Waals surface area contributed by atoms with Crippen molar-refractivity contribution in [1.29, 1.82) is 0 Å². The van der Waals surface area contributed by atoms with E-state index in [2.05, 4.69) is 6.07 Å². The number of hydrogen-bond donors (Lipinski definition) is 1. The highest BCUT2D eigenvalue weighted by atomic mass is 35.5. The van der Waals surface area contributed by atoms with Gasteiger partial charge in [0.2, 0.25) is 0 Å². The molecule has 2 aromatic carbocycles. The van der Waals surface area contributed by atoms with Gasteiger partial charge in [-0.15, -0.1) is 0 Å². The van der Waals surface area contributed by atoms with Crippen molar-refractivity contribution in [2.75, 3.05) is 19.6 Å². The van der Waals surface area contributed by atoms with Crippen LogP contribution < -0.4 is 5.73 Å². The molecule has 0 aromatic heterocycles. The highest BCUT2D eigenvalue weighted by molar-refractivity contribution is 6.31. The van der Waals surface area contributed by atoms with E-state index in [1.807, 2.05) is 29.2 Å². The third-order valence-electron chi connectivity index (χ3n) is 5.17. The summed E-state index contributed by atoms with van der Waals surface area (Å²) >= 11 is 12.4. The molecule has 2 aromatic rings. The summed E-state index contributed by atoms with van der Waals surface area (Å²) in [6.45, 7) is 1.91. The third-order valence-corrected chi connectivity index (χ3v) is 5.62. The van der Waals surface area contributed by atoms with Crippen molar-refractivity contribution in [2.24, 2.45) is 5.73 Å². The minimum absolute atomic E-state index is 0.0336. The smallest absolute Gasteiger partial charge is 0.254 e. The van der Waals surface area contributed by atoms with Crippen molar-refractivity contribution < 1.29 is 4.79 Å². The Hall–Kier alpha value is -1.81. The molecule has 0 fully saturated rings. The zero-order valence-corrected chi connectivity index (χ0v) is 15.9. The first-order valence-electron chi connectivity index (χ1n) is 8.83. The lowest BCUT2D eigenvalue weighted by Gasteiger charge is -2.29. The zero-order chi connectivity index (χ0) is 18.3. The van der Waals surface area contributed by atoms with Crippen LogP contribution in [-0.2, 0) is 12.8 Å². The molecule has 1 amide bonds. The SMILES string of the molecule is NCCc1cc(Cl)cc(C(=O)N2CCC3=C(Cc4ccc(Cl)cc43)C2)c1. The second-order valence-corrected chi connectivity index (χ2v) is 7.80. The van der Waals surface area contributed by atoms with E-state index in [1.54, 1.807) is 6.07 Å². The van der Waals surface area contributed by atoms with Gasteiger partial charge in [0.1, 0.15) is 0 Å². The molecule has 2 aliphatic rings. The Morgan fingerprint density at radius 2 is 1.96 bits per heavy atom. The number of nitrogens with two attached hydrogens (primary N) is 1. The Balaban J connectivity index is 1.57. The number of fused-ring (bicyclic) bond motifs is 2. The summed E-state index contributed by atoms with van der Waals surface area (Å²) in [7, 11) is 0. The maximum absolute atomic E-state index is 13.0. The maximum atomic E-state index is 13.0. The summed E-state index contributed by atoms with van der Waals surface area (Å²) < 4.78 is 0. The van der Waals surface area contributed by atoms with Crippen LogP contribution in [0.1, 0.15) is 33.5 Å². The summed E-state index contributed by atoms with van der Waals surface area (Å²) in [4.78, 5) is 14.9. The Labute approximate surface area is 163 Å². The fraction of sp³-hybridized carbons (Fsp3) is 0.286. The minimum atomic E-state index is 0.0336. The van der Waals surface area contributed by atoms with Crippen molar-refractivity contribution in [2.45, 2.75) is 19.3 Å². The molecule has 4 rings (SSSR count). The van der Waals surface area contributed by atoms with Crippen molar-refractivity contribution in [1.82, 2.24) is 4.90 Å². The molecule has 2 N–H and O–H groups in total. The molecule has 0 spiro atoms. The van der Waals surface area contributed by atoms with E-state index in [9.17, 15) is 4.79 Å². The number of rotatable bonds is 3. The molecule has 0 unspecified atom stereocenters. The maximum Gasteiger partial charge on any atom is 0.254 e. The topological polar surface area (TPSA) is 46.3 Å². The normalized spacial score (nSPS) is 15.9. The molecule has 5 heteroatoms. The van der Waals surface area contributed by atoms with Crippen LogP contribution in [-0.4, -0.2) is 30.4 Å². The van der Waals surface area contributed by atoms with Crippen LogP contribution >= 0.6 is 23.2 Å². The van der Waals surface area contributed by atoms with Gasteiger partial charge in [-0.05, 0) is 84.0 Å². The number of amides is 1. The van der Waals surface area contributed by atoms with Gasteiger partial charge in [0.05, 0.1) is 0 Å². The summed E-state index contributed by atoms with van der Waals surface area (Å²) in [6, 6.07) is 11.6. The first-order chi connectivity index (χ1) is 12.5. The molecular formula is C21H20Cl2N2O. The van der Waals surface area contributed by atoms with E-state index in [-0.39, 0.29) is 5.91 Å². The first-order valence-corrected chi connectivity index (χ1v) is 9.59. The molecule has 0 bridgehead atoms. The molecule has 134 valence electrons. The van der Waals surface area contributed by atoms with Crippen LogP contribution in [0.15, 0.2) is 42.0 Å². The first kappa shape index (κ1) is 17.6. The number of carbonyl (C=O) groups excluding carboxylic acids is 1. The van der Waals surface area contributed by atoms with Crippen molar-refractivity contribution in [3.8, 4) is 0 Å².